The number of rotatable bonds is 4. The van der Waals surface area contributed by atoms with Crippen LogP contribution in [0, 0.1) is 17.2 Å². The Labute approximate surface area is 114 Å². The molecular weight excluding hydrogens is 240 g/mol. The zero-order valence-electron chi connectivity index (χ0n) is 10.9. The molecule has 1 aromatic rings. The van der Waals surface area contributed by atoms with Crippen molar-refractivity contribution in [2.24, 2.45) is 5.92 Å². The molecule has 0 amide bonds. The minimum absolute atomic E-state index is 0.295. The van der Waals surface area contributed by atoms with Gasteiger partial charge in [0.15, 0.2) is 0 Å². The lowest BCUT2D eigenvalue weighted by molar-refractivity contribution is 0.331. The second-order valence-electron chi connectivity index (χ2n) is 4.91. The largest absolute Gasteiger partial charge is 0.310 e. The molecule has 1 saturated carbocycles. The van der Waals surface area contributed by atoms with Crippen molar-refractivity contribution in [2.75, 3.05) is 6.26 Å². The number of thioether (sulfide) groups is 1. The van der Waals surface area contributed by atoms with E-state index in [2.05, 4.69) is 41.9 Å². The van der Waals surface area contributed by atoms with Crippen LogP contribution in [0.15, 0.2) is 29.2 Å². The molecule has 0 unspecified atom stereocenters. The van der Waals surface area contributed by atoms with Gasteiger partial charge in [0, 0.05) is 23.4 Å². The summed E-state index contributed by atoms with van der Waals surface area (Å²) in [5.41, 5.74) is 1.34. The lowest BCUT2D eigenvalue weighted by Gasteiger charge is -2.25. The molecule has 0 atom stereocenters. The van der Waals surface area contributed by atoms with Crippen molar-refractivity contribution < 1.29 is 0 Å². The Kier molecular flexibility index (Phi) is 5.10. The maximum atomic E-state index is 8.86. The molecule has 1 aliphatic rings. The number of nitriles is 1. The summed E-state index contributed by atoms with van der Waals surface area (Å²) in [7, 11) is 0. The van der Waals surface area contributed by atoms with Gasteiger partial charge in [-0.3, -0.25) is 0 Å². The van der Waals surface area contributed by atoms with Gasteiger partial charge in [-0.25, -0.2) is 0 Å². The minimum Gasteiger partial charge on any atom is -0.310 e. The summed E-state index contributed by atoms with van der Waals surface area (Å²) in [4.78, 5) is 1.31. The van der Waals surface area contributed by atoms with Crippen molar-refractivity contribution in [1.29, 1.82) is 5.26 Å². The van der Waals surface area contributed by atoms with E-state index in [0.717, 1.165) is 32.2 Å². The number of hydrogen-bond donors (Lipinski definition) is 1. The molecule has 1 fully saturated rings. The van der Waals surface area contributed by atoms with Crippen LogP contribution in [-0.2, 0) is 6.54 Å². The van der Waals surface area contributed by atoms with Gasteiger partial charge in [0.1, 0.15) is 0 Å². The third-order valence-electron chi connectivity index (χ3n) is 3.66. The monoisotopic (exact) mass is 260 g/mol. The van der Waals surface area contributed by atoms with Crippen LogP contribution >= 0.6 is 11.8 Å². The van der Waals surface area contributed by atoms with Gasteiger partial charge in [-0.1, -0.05) is 12.1 Å². The predicted molar refractivity (Wildman–Crippen MR) is 76.4 cm³/mol. The molecule has 1 N–H and O–H groups in total. The predicted octanol–water partition coefficient (Wildman–Crippen LogP) is 3.58. The third-order valence-corrected chi connectivity index (χ3v) is 4.41. The zero-order valence-corrected chi connectivity index (χ0v) is 11.7. The van der Waals surface area contributed by atoms with Crippen LogP contribution in [0.25, 0.3) is 0 Å². The third kappa shape index (κ3) is 3.76. The Hall–Kier alpha value is -0.980. The Balaban J connectivity index is 1.76. The van der Waals surface area contributed by atoms with Crippen molar-refractivity contribution in [2.45, 2.75) is 43.2 Å². The molecule has 0 heterocycles. The number of benzene rings is 1. The van der Waals surface area contributed by atoms with Crippen LogP contribution in [0.4, 0.5) is 0 Å². The number of hydrogen-bond acceptors (Lipinski definition) is 3. The summed E-state index contributed by atoms with van der Waals surface area (Å²) in [6.45, 7) is 0.941. The highest BCUT2D eigenvalue weighted by molar-refractivity contribution is 7.98. The first-order valence-electron chi connectivity index (χ1n) is 6.57. The quantitative estimate of drug-likeness (QED) is 0.841. The van der Waals surface area contributed by atoms with Gasteiger partial charge >= 0.3 is 0 Å². The van der Waals surface area contributed by atoms with Gasteiger partial charge < -0.3 is 5.32 Å². The second-order valence-corrected chi connectivity index (χ2v) is 5.79. The van der Waals surface area contributed by atoms with Crippen molar-refractivity contribution in [3.63, 3.8) is 0 Å². The van der Waals surface area contributed by atoms with E-state index in [4.69, 9.17) is 5.26 Å². The van der Waals surface area contributed by atoms with Crippen LogP contribution in [0.5, 0.6) is 0 Å². The first kappa shape index (κ1) is 13.5. The topological polar surface area (TPSA) is 35.8 Å². The highest BCUT2D eigenvalue weighted by Crippen LogP contribution is 2.23. The zero-order chi connectivity index (χ0) is 12.8. The van der Waals surface area contributed by atoms with E-state index < -0.39 is 0 Å². The molecule has 2 nitrogen and oxygen atoms in total. The number of nitrogens with one attached hydrogen (secondary N) is 1. The Morgan fingerprint density at radius 1 is 1.22 bits per heavy atom. The van der Waals surface area contributed by atoms with Crippen LogP contribution < -0.4 is 5.32 Å². The molecule has 0 aromatic heterocycles. The lowest BCUT2D eigenvalue weighted by atomic mass is 9.87. The Morgan fingerprint density at radius 3 is 2.44 bits per heavy atom. The molecule has 3 heteroatoms. The maximum Gasteiger partial charge on any atom is 0.0655 e. The fourth-order valence-corrected chi connectivity index (χ4v) is 2.84. The first-order chi connectivity index (χ1) is 8.81. The van der Waals surface area contributed by atoms with E-state index in [-0.39, 0.29) is 0 Å². The molecular formula is C15H20N2S. The molecule has 18 heavy (non-hydrogen) atoms. The fourth-order valence-electron chi connectivity index (χ4n) is 2.43. The molecule has 1 aromatic carbocycles. The minimum atomic E-state index is 0.295. The van der Waals surface area contributed by atoms with E-state index in [1.165, 1.54) is 10.5 Å². The average Bonchev–Trinajstić information content (AvgIpc) is 2.46. The summed E-state index contributed by atoms with van der Waals surface area (Å²) < 4.78 is 0. The molecule has 0 aliphatic heterocycles. The van der Waals surface area contributed by atoms with Crippen molar-refractivity contribution >= 4 is 11.8 Å². The van der Waals surface area contributed by atoms with Gasteiger partial charge in [-0.05, 0) is 49.6 Å². The summed E-state index contributed by atoms with van der Waals surface area (Å²) in [5.74, 6) is 0.295. The van der Waals surface area contributed by atoms with E-state index in [1.807, 2.05) is 0 Å². The van der Waals surface area contributed by atoms with Crippen LogP contribution in [-0.4, -0.2) is 12.3 Å². The standard InChI is InChI=1S/C15H20N2S/c1-18-15-8-4-13(5-9-15)11-17-14-6-2-12(10-16)3-7-14/h4-5,8-9,12,14,17H,2-3,6-7,11H2,1H3. The van der Waals surface area contributed by atoms with Crippen LogP contribution in [0.3, 0.4) is 0 Å². The lowest BCUT2D eigenvalue weighted by Crippen LogP contribution is -2.32. The normalized spacial score (nSPS) is 23.6. The summed E-state index contributed by atoms with van der Waals surface area (Å²) in [5, 5.41) is 12.5. The highest BCUT2D eigenvalue weighted by Gasteiger charge is 2.19. The van der Waals surface area contributed by atoms with E-state index in [0.29, 0.717) is 12.0 Å². The highest BCUT2D eigenvalue weighted by atomic mass is 32.2. The van der Waals surface area contributed by atoms with Gasteiger partial charge in [0.25, 0.3) is 0 Å². The molecule has 96 valence electrons. The molecule has 0 saturated heterocycles. The summed E-state index contributed by atoms with van der Waals surface area (Å²) in [6.07, 6.45) is 6.49. The molecule has 0 radical (unpaired) electrons. The van der Waals surface area contributed by atoms with E-state index in [1.54, 1.807) is 11.8 Å². The van der Waals surface area contributed by atoms with Crippen LogP contribution in [0.1, 0.15) is 31.2 Å². The van der Waals surface area contributed by atoms with Gasteiger partial charge in [-0.15, -0.1) is 11.8 Å². The van der Waals surface area contributed by atoms with Gasteiger partial charge in [0.05, 0.1) is 6.07 Å². The fraction of sp³-hybridized carbons (Fsp3) is 0.533. The molecule has 0 bridgehead atoms. The van der Waals surface area contributed by atoms with Crippen LogP contribution in [0.2, 0.25) is 0 Å². The average molecular weight is 260 g/mol. The van der Waals surface area contributed by atoms with Gasteiger partial charge in [-0.2, -0.15) is 5.26 Å². The first-order valence-corrected chi connectivity index (χ1v) is 7.80. The Bertz CT molecular complexity index is 399. The van der Waals surface area contributed by atoms with E-state index >= 15 is 0 Å². The molecule has 0 spiro atoms. The molecule has 2 rings (SSSR count). The van der Waals surface area contributed by atoms with Crippen molar-refractivity contribution in [3.8, 4) is 6.07 Å². The molecule has 1 aliphatic carbocycles. The second kappa shape index (κ2) is 6.82. The maximum absolute atomic E-state index is 8.86. The van der Waals surface area contributed by atoms with Crippen molar-refractivity contribution in [3.05, 3.63) is 29.8 Å². The van der Waals surface area contributed by atoms with E-state index in [9.17, 15) is 0 Å². The number of nitrogens with zero attached hydrogens (tertiary/aromatic N) is 1. The van der Waals surface area contributed by atoms with Gasteiger partial charge in [0.2, 0.25) is 0 Å². The summed E-state index contributed by atoms with van der Waals surface area (Å²) in [6, 6.07) is 11.7. The summed E-state index contributed by atoms with van der Waals surface area (Å²) >= 11 is 1.78. The SMILES string of the molecule is CSc1ccc(CNC2CCC(C#N)CC2)cc1. The van der Waals surface area contributed by atoms with Crippen molar-refractivity contribution in [1.82, 2.24) is 5.32 Å². The smallest absolute Gasteiger partial charge is 0.0655 e. The Morgan fingerprint density at radius 2 is 1.89 bits per heavy atom.